The molecule has 0 fully saturated rings. The molecule has 0 bridgehead atoms. The molecule has 0 unspecified atom stereocenters. The Labute approximate surface area is 267 Å². The number of thiazole rings is 1. The molecule has 44 heavy (non-hydrogen) atoms. The maximum atomic E-state index is 14.5. The summed E-state index contributed by atoms with van der Waals surface area (Å²) in [5.41, 5.74) is 7.38. The Morgan fingerprint density at radius 2 is 1.84 bits per heavy atom. The SMILES string of the molecule is COc1ccc(Br)cc1[C@@H]1C(C(=O)OC(C)C)=C(C)N=c2s/c(=C\c3c(-c4ccccc4)[nH]c4c(C)cc(C)cc34)c(=O)n21. The second kappa shape index (κ2) is 11.7. The number of aromatic nitrogens is 2. The van der Waals surface area contributed by atoms with E-state index < -0.39 is 12.0 Å². The number of hydrogen-bond acceptors (Lipinski definition) is 6. The zero-order valence-corrected chi connectivity index (χ0v) is 27.7. The Hall–Kier alpha value is -4.21. The Balaban J connectivity index is 1.65. The lowest BCUT2D eigenvalue weighted by Gasteiger charge is -2.26. The van der Waals surface area contributed by atoms with Crippen LogP contribution in [0.3, 0.4) is 0 Å². The third kappa shape index (κ3) is 5.24. The van der Waals surface area contributed by atoms with Crippen molar-refractivity contribution in [3.63, 3.8) is 0 Å². The number of ether oxygens (including phenoxy) is 2. The van der Waals surface area contributed by atoms with Crippen LogP contribution in [0.1, 0.15) is 49.1 Å². The van der Waals surface area contributed by atoms with Gasteiger partial charge in [-0.15, -0.1) is 0 Å². The van der Waals surface area contributed by atoms with E-state index in [1.165, 1.54) is 11.3 Å². The van der Waals surface area contributed by atoms with E-state index in [9.17, 15) is 9.59 Å². The van der Waals surface area contributed by atoms with E-state index in [2.05, 4.69) is 59.0 Å². The van der Waals surface area contributed by atoms with E-state index in [1.807, 2.05) is 42.5 Å². The largest absolute Gasteiger partial charge is 0.496 e. The van der Waals surface area contributed by atoms with Gasteiger partial charge in [-0.25, -0.2) is 9.79 Å². The summed E-state index contributed by atoms with van der Waals surface area (Å²) in [6.07, 6.45) is 1.60. The summed E-state index contributed by atoms with van der Waals surface area (Å²) in [4.78, 5) is 36.9. The van der Waals surface area contributed by atoms with Gasteiger partial charge in [0.1, 0.15) is 11.8 Å². The molecule has 0 amide bonds. The molecule has 1 aliphatic heterocycles. The standard InChI is InChI=1S/C35H32BrN3O4S/c1-18(2)43-34(41)29-21(5)37-35-39(32(29)26-16-23(36)12-13-27(26)42-6)33(40)28(44-35)17-25-24-15-19(3)14-20(4)30(24)38-31(25)22-10-8-7-9-11-22/h7-18,32,38H,1-6H3/b28-17-/t32-/m1/s1. The van der Waals surface area contributed by atoms with E-state index >= 15 is 0 Å². The second-order valence-corrected chi connectivity index (χ2v) is 13.1. The predicted molar refractivity (Wildman–Crippen MR) is 179 cm³/mol. The Morgan fingerprint density at radius 3 is 2.55 bits per heavy atom. The highest BCUT2D eigenvalue weighted by Gasteiger charge is 2.35. The first kappa shape index (κ1) is 29.8. The van der Waals surface area contributed by atoms with Crippen molar-refractivity contribution < 1.29 is 14.3 Å². The number of aromatic amines is 1. The zero-order valence-electron chi connectivity index (χ0n) is 25.3. The summed E-state index contributed by atoms with van der Waals surface area (Å²) in [6, 6.07) is 19.2. The number of carbonyl (C=O) groups excluding carboxylic acids is 1. The molecule has 1 N–H and O–H groups in total. The van der Waals surface area contributed by atoms with E-state index in [1.54, 1.807) is 32.4 Å². The normalized spacial score (nSPS) is 15.1. The highest BCUT2D eigenvalue weighted by molar-refractivity contribution is 9.10. The fourth-order valence-electron chi connectivity index (χ4n) is 5.86. The number of esters is 1. The van der Waals surface area contributed by atoms with E-state index in [-0.39, 0.29) is 11.7 Å². The molecular weight excluding hydrogens is 638 g/mol. The molecule has 3 aromatic carbocycles. The van der Waals surface area contributed by atoms with Gasteiger partial charge < -0.3 is 14.5 Å². The van der Waals surface area contributed by atoms with Crippen LogP contribution in [-0.2, 0) is 9.53 Å². The van der Waals surface area contributed by atoms with Gasteiger partial charge in [-0.05, 0) is 76.1 Å². The number of methoxy groups -OCH3 is 1. The van der Waals surface area contributed by atoms with Gasteiger partial charge in [-0.2, -0.15) is 0 Å². The van der Waals surface area contributed by atoms with Gasteiger partial charge in [0, 0.05) is 26.5 Å². The van der Waals surface area contributed by atoms with Crippen LogP contribution >= 0.6 is 27.3 Å². The average Bonchev–Trinajstić information content (AvgIpc) is 3.49. The fourth-order valence-corrected chi connectivity index (χ4v) is 7.27. The average molecular weight is 671 g/mol. The number of allylic oxidation sites excluding steroid dienone is 1. The lowest BCUT2D eigenvalue weighted by atomic mass is 9.95. The van der Waals surface area contributed by atoms with Crippen molar-refractivity contribution in [1.29, 1.82) is 0 Å². The monoisotopic (exact) mass is 669 g/mol. The van der Waals surface area contributed by atoms with Gasteiger partial charge in [0.2, 0.25) is 0 Å². The topological polar surface area (TPSA) is 85.7 Å². The molecule has 2 aromatic heterocycles. The van der Waals surface area contributed by atoms with Crippen LogP contribution in [0, 0.1) is 13.8 Å². The van der Waals surface area contributed by atoms with Gasteiger partial charge >= 0.3 is 5.97 Å². The number of nitrogens with one attached hydrogen (secondary N) is 1. The van der Waals surface area contributed by atoms with Gasteiger partial charge in [0.05, 0.1) is 34.7 Å². The number of aryl methyl sites for hydroxylation is 2. The van der Waals surface area contributed by atoms with Crippen molar-refractivity contribution in [1.82, 2.24) is 9.55 Å². The Bertz CT molecular complexity index is 2160. The number of hydrogen-bond donors (Lipinski definition) is 1. The summed E-state index contributed by atoms with van der Waals surface area (Å²) in [6.45, 7) is 9.54. The van der Waals surface area contributed by atoms with Crippen molar-refractivity contribution in [3.05, 3.63) is 118 Å². The van der Waals surface area contributed by atoms with Crippen molar-refractivity contribution >= 4 is 50.2 Å². The number of rotatable bonds is 6. The maximum absolute atomic E-state index is 14.5. The van der Waals surface area contributed by atoms with Crippen LogP contribution in [-0.4, -0.2) is 28.7 Å². The molecular formula is C35H32BrN3O4S. The van der Waals surface area contributed by atoms with Crippen molar-refractivity contribution in [3.8, 4) is 17.0 Å². The molecule has 6 rings (SSSR count). The van der Waals surface area contributed by atoms with Crippen LogP contribution in [0.25, 0.3) is 28.2 Å². The van der Waals surface area contributed by atoms with Crippen LogP contribution < -0.4 is 19.6 Å². The molecule has 0 radical (unpaired) electrons. The Kier molecular flexibility index (Phi) is 7.94. The number of fused-ring (bicyclic) bond motifs is 2. The van der Waals surface area contributed by atoms with E-state index in [0.29, 0.717) is 31.9 Å². The fraction of sp³-hybridized carbons (Fsp3) is 0.229. The van der Waals surface area contributed by atoms with Gasteiger partial charge in [-0.3, -0.25) is 9.36 Å². The summed E-state index contributed by atoms with van der Waals surface area (Å²) in [5.74, 6) is 0.0303. The predicted octanol–water partition coefficient (Wildman–Crippen LogP) is 6.72. The summed E-state index contributed by atoms with van der Waals surface area (Å²) in [7, 11) is 1.57. The van der Waals surface area contributed by atoms with Crippen molar-refractivity contribution in [2.24, 2.45) is 4.99 Å². The highest BCUT2D eigenvalue weighted by Crippen LogP contribution is 2.38. The summed E-state index contributed by atoms with van der Waals surface area (Å²) < 4.78 is 14.3. The molecule has 7 nitrogen and oxygen atoms in total. The molecule has 224 valence electrons. The first-order valence-corrected chi connectivity index (χ1v) is 15.9. The lowest BCUT2D eigenvalue weighted by molar-refractivity contribution is -0.143. The molecule has 9 heteroatoms. The number of nitrogens with zero attached hydrogens (tertiary/aromatic N) is 2. The molecule has 0 aliphatic carbocycles. The molecule has 1 atom stereocenters. The lowest BCUT2D eigenvalue weighted by Crippen LogP contribution is -2.40. The summed E-state index contributed by atoms with van der Waals surface area (Å²) >= 11 is 4.87. The summed E-state index contributed by atoms with van der Waals surface area (Å²) in [5, 5.41) is 1.04. The third-order valence-corrected chi connectivity index (χ3v) is 9.17. The molecule has 3 heterocycles. The molecule has 0 saturated carbocycles. The number of halogens is 1. The van der Waals surface area contributed by atoms with Crippen LogP contribution in [0.5, 0.6) is 5.75 Å². The quantitative estimate of drug-likeness (QED) is 0.203. The minimum atomic E-state index is -0.798. The first-order chi connectivity index (χ1) is 21.1. The minimum absolute atomic E-state index is 0.249. The molecule has 5 aromatic rings. The minimum Gasteiger partial charge on any atom is -0.496 e. The van der Waals surface area contributed by atoms with E-state index in [0.717, 1.165) is 43.3 Å². The zero-order chi connectivity index (χ0) is 31.3. The van der Waals surface area contributed by atoms with Crippen LogP contribution in [0.2, 0.25) is 0 Å². The Morgan fingerprint density at radius 1 is 1.09 bits per heavy atom. The maximum Gasteiger partial charge on any atom is 0.338 e. The molecule has 0 spiro atoms. The number of H-pyrrole nitrogens is 1. The van der Waals surface area contributed by atoms with Crippen LogP contribution in [0.4, 0.5) is 0 Å². The van der Waals surface area contributed by atoms with Gasteiger partial charge in [-0.1, -0.05) is 69.2 Å². The van der Waals surface area contributed by atoms with Crippen LogP contribution in [0.15, 0.2) is 86.2 Å². The van der Waals surface area contributed by atoms with E-state index in [4.69, 9.17) is 14.5 Å². The van der Waals surface area contributed by atoms with Gasteiger partial charge in [0.25, 0.3) is 5.56 Å². The third-order valence-electron chi connectivity index (χ3n) is 7.70. The number of benzene rings is 3. The second-order valence-electron chi connectivity index (χ2n) is 11.2. The number of carbonyl (C=O) groups is 1. The molecule has 1 aliphatic rings. The van der Waals surface area contributed by atoms with Crippen molar-refractivity contribution in [2.75, 3.05) is 7.11 Å². The first-order valence-electron chi connectivity index (χ1n) is 14.3. The van der Waals surface area contributed by atoms with Crippen molar-refractivity contribution in [2.45, 2.75) is 46.8 Å². The van der Waals surface area contributed by atoms with Gasteiger partial charge in [0.15, 0.2) is 4.80 Å². The molecule has 0 saturated heterocycles. The smallest absolute Gasteiger partial charge is 0.338 e. The highest BCUT2D eigenvalue weighted by atomic mass is 79.9.